The molecule has 28 heavy (non-hydrogen) atoms. The summed E-state index contributed by atoms with van der Waals surface area (Å²) in [7, 11) is 1.71. The minimum atomic E-state index is -2.83. The number of aryl methyl sites for hydroxylation is 1. The minimum absolute atomic E-state index is 0. The van der Waals surface area contributed by atoms with Gasteiger partial charge in [0, 0.05) is 44.8 Å². The highest BCUT2D eigenvalue weighted by Crippen LogP contribution is 2.34. The molecule has 5 nitrogen and oxygen atoms in total. The van der Waals surface area contributed by atoms with Crippen LogP contribution in [0, 0.1) is 12.8 Å². The number of halogens is 3. The SMILES string of the molecule is CN=C(NCCN(CC1CC1)C1CC1)NCc1cc(C)ccc1OC(F)F.I. The van der Waals surface area contributed by atoms with E-state index in [0.29, 0.717) is 18.1 Å². The summed E-state index contributed by atoms with van der Waals surface area (Å²) >= 11 is 0. The van der Waals surface area contributed by atoms with E-state index in [9.17, 15) is 8.78 Å². The molecule has 8 heteroatoms. The number of benzene rings is 1. The molecule has 0 bridgehead atoms. The van der Waals surface area contributed by atoms with Gasteiger partial charge in [0.25, 0.3) is 0 Å². The van der Waals surface area contributed by atoms with Crippen molar-refractivity contribution < 1.29 is 13.5 Å². The van der Waals surface area contributed by atoms with Crippen LogP contribution in [0.2, 0.25) is 0 Å². The Morgan fingerprint density at radius 3 is 2.61 bits per heavy atom. The first kappa shape index (κ1) is 23.1. The largest absolute Gasteiger partial charge is 0.434 e. The van der Waals surface area contributed by atoms with E-state index in [-0.39, 0.29) is 29.7 Å². The normalized spacial score (nSPS) is 16.9. The van der Waals surface area contributed by atoms with Crippen LogP contribution < -0.4 is 15.4 Å². The molecular weight excluding hydrogens is 477 g/mol. The fraction of sp³-hybridized carbons (Fsp3) is 0.650. The highest BCUT2D eigenvalue weighted by atomic mass is 127. The Morgan fingerprint density at radius 1 is 1.25 bits per heavy atom. The van der Waals surface area contributed by atoms with Gasteiger partial charge >= 0.3 is 6.61 Å². The van der Waals surface area contributed by atoms with E-state index < -0.39 is 6.61 Å². The molecule has 1 aromatic rings. The maximum absolute atomic E-state index is 12.6. The van der Waals surface area contributed by atoms with Crippen molar-refractivity contribution in [3.05, 3.63) is 29.3 Å². The third-order valence-corrected chi connectivity index (χ3v) is 5.05. The van der Waals surface area contributed by atoms with Crippen LogP contribution in [0.15, 0.2) is 23.2 Å². The lowest BCUT2D eigenvalue weighted by atomic mass is 10.1. The molecule has 2 N–H and O–H groups in total. The van der Waals surface area contributed by atoms with Crippen molar-refractivity contribution in [2.24, 2.45) is 10.9 Å². The summed E-state index contributed by atoms with van der Waals surface area (Å²) in [5, 5.41) is 6.52. The Bertz CT molecular complexity index is 651. The summed E-state index contributed by atoms with van der Waals surface area (Å²) in [6.45, 7) is 2.51. The van der Waals surface area contributed by atoms with Gasteiger partial charge in [-0.3, -0.25) is 9.89 Å². The Hall–Kier alpha value is -1.16. The Balaban J connectivity index is 0.00000280. The minimum Gasteiger partial charge on any atom is -0.434 e. The van der Waals surface area contributed by atoms with Crippen molar-refractivity contribution in [3.8, 4) is 5.75 Å². The molecule has 0 aliphatic heterocycles. The number of aliphatic imine (C=N–C) groups is 1. The Labute approximate surface area is 183 Å². The number of hydrogen-bond donors (Lipinski definition) is 2. The summed E-state index contributed by atoms with van der Waals surface area (Å²) in [5.74, 6) is 1.77. The number of nitrogens with one attached hydrogen (secondary N) is 2. The van der Waals surface area contributed by atoms with Gasteiger partial charge in [-0.05, 0) is 44.6 Å². The fourth-order valence-corrected chi connectivity index (χ4v) is 3.27. The zero-order valence-electron chi connectivity index (χ0n) is 16.6. The topological polar surface area (TPSA) is 48.9 Å². The lowest BCUT2D eigenvalue weighted by Gasteiger charge is -2.22. The number of hydrogen-bond acceptors (Lipinski definition) is 3. The van der Waals surface area contributed by atoms with E-state index >= 15 is 0 Å². The van der Waals surface area contributed by atoms with E-state index in [2.05, 4.69) is 25.3 Å². The Kier molecular flexibility index (Phi) is 9.20. The zero-order chi connectivity index (χ0) is 19.2. The van der Waals surface area contributed by atoms with E-state index in [1.54, 1.807) is 19.2 Å². The van der Waals surface area contributed by atoms with Crippen molar-refractivity contribution in [3.63, 3.8) is 0 Å². The maximum atomic E-state index is 12.6. The first-order valence-electron chi connectivity index (χ1n) is 9.78. The molecule has 0 radical (unpaired) electrons. The molecule has 0 atom stereocenters. The quantitative estimate of drug-likeness (QED) is 0.287. The van der Waals surface area contributed by atoms with E-state index in [0.717, 1.165) is 30.6 Å². The molecule has 1 aromatic carbocycles. The first-order chi connectivity index (χ1) is 13.0. The Morgan fingerprint density at radius 2 is 2.00 bits per heavy atom. The highest BCUT2D eigenvalue weighted by Gasteiger charge is 2.33. The third kappa shape index (κ3) is 7.69. The zero-order valence-corrected chi connectivity index (χ0v) is 18.9. The second kappa shape index (κ2) is 11.1. The predicted octanol–water partition coefficient (Wildman–Crippen LogP) is 3.75. The van der Waals surface area contributed by atoms with Gasteiger partial charge in [0.1, 0.15) is 5.75 Å². The van der Waals surface area contributed by atoms with Gasteiger partial charge < -0.3 is 15.4 Å². The average molecular weight is 508 g/mol. The van der Waals surface area contributed by atoms with Crippen LogP contribution in [-0.2, 0) is 6.54 Å². The van der Waals surface area contributed by atoms with Crippen LogP contribution in [0.1, 0.15) is 36.8 Å². The summed E-state index contributed by atoms with van der Waals surface area (Å²) in [4.78, 5) is 6.82. The monoisotopic (exact) mass is 508 g/mol. The van der Waals surface area contributed by atoms with Gasteiger partial charge in [-0.15, -0.1) is 24.0 Å². The summed E-state index contributed by atoms with van der Waals surface area (Å²) < 4.78 is 29.8. The smallest absolute Gasteiger partial charge is 0.387 e. The number of nitrogens with zero attached hydrogens (tertiary/aromatic N) is 2. The number of alkyl halides is 2. The molecule has 0 saturated heterocycles. The number of rotatable bonds is 10. The van der Waals surface area contributed by atoms with Gasteiger partial charge in [-0.25, -0.2) is 0 Å². The van der Waals surface area contributed by atoms with Gasteiger partial charge in [0.15, 0.2) is 5.96 Å². The third-order valence-electron chi connectivity index (χ3n) is 5.05. The second-order valence-corrected chi connectivity index (χ2v) is 7.51. The highest BCUT2D eigenvalue weighted by molar-refractivity contribution is 14.0. The molecule has 2 aliphatic rings. The molecule has 0 amide bonds. The molecule has 0 aromatic heterocycles. The van der Waals surface area contributed by atoms with Crippen molar-refractivity contribution in [2.75, 3.05) is 26.7 Å². The number of guanidine groups is 1. The van der Waals surface area contributed by atoms with E-state index in [1.807, 2.05) is 13.0 Å². The standard InChI is InChI=1S/C20H30F2N4O.HI/c1-14-3-8-18(27-19(21)22)16(11-14)12-25-20(23-2)24-9-10-26(17-6-7-17)13-15-4-5-15;/h3,8,11,15,17,19H,4-7,9-10,12-13H2,1-2H3,(H2,23,24,25);1H. The summed E-state index contributed by atoms with van der Waals surface area (Å²) in [6.07, 6.45) is 5.39. The molecule has 0 heterocycles. The number of ether oxygens (including phenoxy) is 1. The molecule has 2 fully saturated rings. The van der Waals surface area contributed by atoms with Gasteiger partial charge in [-0.2, -0.15) is 8.78 Å². The van der Waals surface area contributed by atoms with Crippen molar-refractivity contribution in [1.29, 1.82) is 0 Å². The van der Waals surface area contributed by atoms with Crippen LogP contribution >= 0.6 is 24.0 Å². The molecular formula is C20H31F2IN4O. The molecule has 158 valence electrons. The van der Waals surface area contributed by atoms with Crippen LogP contribution in [-0.4, -0.2) is 50.2 Å². The first-order valence-corrected chi connectivity index (χ1v) is 9.78. The average Bonchev–Trinajstić information content (AvgIpc) is 3.52. The molecule has 0 spiro atoms. The van der Waals surface area contributed by atoms with Crippen molar-refractivity contribution >= 4 is 29.9 Å². The summed E-state index contributed by atoms with van der Waals surface area (Å²) in [5.41, 5.74) is 1.68. The molecule has 0 unspecified atom stereocenters. The lowest BCUT2D eigenvalue weighted by Crippen LogP contribution is -2.42. The van der Waals surface area contributed by atoms with Gasteiger partial charge in [-0.1, -0.05) is 17.7 Å². The summed E-state index contributed by atoms with van der Waals surface area (Å²) in [6, 6.07) is 5.96. The van der Waals surface area contributed by atoms with Crippen molar-refractivity contribution in [2.45, 2.75) is 51.8 Å². The second-order valence-electron chi connectivity index (χ2n) is 7.51. The van der Waals surface area contributed by atoms with Crippen molar-refractivity contribution in [1.82, 2.24) is 15.5 Å². The molecule has 2 saturated carbocycles. The van der Waals surface area contributed by atoms with Gasteiger partial charge in [0.2, 0.25) is 0 Å². The van der Waals surface area contributed by atoms with E-state index in [4.69, 9.17) is 0 Å². The van der Waals surface area contributed by atoms with Gasteiger partial charge in [0.05, 0.1) is 0 Å². The molecule has 2 aliphatic carbocycles. The fourth-order valence-electron chi connectivity index (χ4n) is 3.27. The van der Waals surface area contributed by atoms with Crippen LogP contribution in [0.25, 0.3) is 0 Å². The maximum Gasteiger partial charge on any atom is 0.387 e. The lowest BCUT2D eigenvalue weighted by molar-refractivity contribution is -0.0504. The van der Waals surface area contributed by atoms with Crippen LogP contribution in [0.3, 0.4) is 0 Å². The van der Waals surface area contributed by atoms with Crippen LogP contribution in [0.5, 0.6) is 5.75 Å². The van der Waals surface area contributed by atoms with Crippen LogP contribution in [0.4, 0.5) is 8.78 Å². The molecule has 3 rings (SSSR count). The predicted molar refractivity (Wildman–Crippen MR) is 119 cm³/mol. The van der Waals surface area contributed by atoms with E-state index in [1.165, 1.54) is 32.2 Å².